The zero-order valence-electron chi connectivity index (χ0n) is 23.4. The first kappa shape index (κ1) is 30.0. The maximum Gasteiger partial charge on any atom is 0.410 e. The maximum atomic E-state index is 12.5. The third-order valence-corrected chi connectivity index (χ3v) is 6.63. The lowest BCUT2D eigenvalue weighted by molar-refractivity contribution is -0.385. The van der Waals surface area contributed by atoms with Gasteiger partial charge in [0.1, 0.15) is 17.5 Å². The van der Waals surface area contributed by atoms with Crippen LogP contribution < -0.4 is 4.74 Å². The number of amides is 1. The number of likely N-dealkylation sites (tertiary alicyclic amines) is 1. The number of piperidine rings is 1. The quantitative estimate of drug-likeness (QED) is 0.349. The van der Waals surface area contributed by atoms with Crippen molar-refractivity contribution in [3.8, 4) is 11.8 Å². The molecule has 2 aromatic carbocycles. The molecule has 2 aromatic rings. The summed E-state index contributed by atoms with van der Waals surface area (Å²) in [4.78, 5) is 25.6. The molecule has 0 bridgehead atoms. The van der Waals surface area contributed by atoms with Gasteiger partial charge in [-0.1, -0.05) is 24.3 Å². The van der Waals surface area contributed by atoms with Gasteiger partial charge >= 0.3 is 6.09 Å². The zero-order valence-corrected chi connectivity index (χ0v) is 23.4. The minimum atomic E-state index is -1.03. The fourth-order valence-electron chi connectivity index (χ4n) is 4.67. The lowest BCUT2D eigenvalue weighted by Gasteiger charge is -2.34. The van der Waals surface area contributed by atoms with Crippen molar-refractivity contribution in [1.29, 1.82) is 5.26 Å². The van der Waals surface area contributed by atoms with Crippen molar-refractivity contribution in [3.63, 3.8) is 0 Å². The molecule has 2 saturated heterocycles. The molecule has 4 rings (SSSR count). The molecule has 41 heavy (non-hydrogen) atoms. The van der Waals surface area contributed by atoms with E-state index in [1.807, 2.05) is 20.8 Å². The van der Waals surface area contributed by atoms with Crippen LogP contribution in [0.5, 0.6) is 5.75 Å². The minimum absolute atomic E-state index is 0.0368. The molecule has 2 aliphatic heterocycles. The van der Waals surface area contributed by atoms with Crippen LogP contribution in [0.25, 0.3) is 6.08 Å². The Labute approximate surface area is 239 Å². The van der Waals surface area contributed by atoms with Gasteiger partial charge in [0.15, 0.2) is 6.29 Å². The number of rotatable bonds is 8. The number of hydrogen-bond donors (Lipinski definition) is 1. The van der Waals surface area contributed by atoms with Crippen molar-refractivity contribution < 1.29 is 33.8 Å². The van der Waals surface area contributed by atoms with E-state index in [0.717, 1.165) is 5.56 Å². The number of nitriles is 1. The second-order valence-corrected chi connectivity index (χ2v) is 11.0. The topological polar surface area (TPSA) is 144 Å². The first-order valence-electron chi connectivity index (χ1n) is 13.6. The van der Waals surface area contributed by atoms with Gasteiger partial charge in [-0.05, 0) is 44.5 Å². The molecule has 1 unspecified atom stereocenters. The Morgan fingerprint density at radius 2 is 1.95 bits per heavy atom. The van der Waals surface area contributed by atoms with Crippen LogP contribution in [0.3, 0.4) is 0 Å². The number of hydrogen-bond acceptors (Lipinski definition) is 9. The van der Waals surface area contributed by atoms with Crippen LogP contribution in [0.2, 0.25) is 0 Å². The third-order valence-electron chi connectivity index (χ3n) is 6.63. The summed E-state index contributed by atoms with van der Waals surface area (Å²) in [5, 5.41) is 31.9. The number of nitro benzene ring substituents is 1. The lowest BCUT2D eigenvalue weighted by Crippen LogP contribution is -2.44. The summed E-state index contributed by atoms with van der Waals surface area (Å²) in [5.41, 5.74) is 1.15. The fourth-order valence-corrected chi connectivity index (χ4v) is 4.67. The van der Waals surface area contributed by atoms with E-state index < -0.39 is 22.9 Å². The molecule has 11 heteroatoms. The molecular weight excluding hydrogens is 530 g/mol. The third kappa shape index (κ3) is 8.27. The number of benzene rings is 2. The summed E-state index contributed by atoms with van der Waals surface area (Å²) in [6, 6.07) is 11.9. The van der Waals surface area contributed by atoms with E-state index in [2.05, 4.69) is 6.07 Å². The first-order valence-corrected chi connectivity index (χ1v) is 13.6. The Bertz CT molecular complexity index is 1320. The summed E-state index contributed by atoms with van der Waals surface area (Å²) < 4.78 is 23.1. The number of nitro groups is 1. The van der Waals surface area contributed by atoms with Crippen molar-refractivity contribution >= 4 is 17.9 Å². The molecule has 11 nitrogen and oxygen atoms in total. The van der Waals surface area contributed by atoms with E-state index in [4.69, 9.17) is 24.2 Å². The van der Waals surface area contributed by atoms with E-state index in [1.54, 1.807) is 41.3 Å². The van der Waals surface area contributed by atoms with Gasteiger partial charge in [0.2, 0.25) is 0 Å². The van der Waals surface area contributed by atoms with Crippen LogP contribution in [0, 0.1) is 21.4 Å². The minimum Gasteiger partial charge on any atom is -0.490 e. The summed E-state index contributed by atoms with van der Waals surface area (Å²) in [6.45, 7) is 7.06. The highest BCUT2D eigenvalue weighted by Gasteiger charge is 2.32. The Morgan fingerprint density at radius 3 is 2.59 bits per heavy atom. The molecule has 0 radical (unpaired) electrons. The van der Waals surface area contributed by atoms with Gasteiger partial charge in [-0.15, -0.1) is 0 Å². The molecular formula is C30H35N3O8. The zero-order chi connectivity index (χ0) is 29.6. The molecule has 0 aliphatic carbocycles. The van der Waals surface area contributed by atoms with Crippen LogP contribution in [-0.4, -0.2) is 65.1 Å². The number of nitrogens with zero attached hydrogens (tertiary/aromatic N) is 3. The molecule has 1 N–H and O–H groups in total. The van der Waals surface area contributed by atoms with Crippen LogP contribution in [0.1, 0.15) is 62.2 Å². The van der Waals surface area contributed by atoms with Crippen molar-refractivity contribution in [2.24, 2.45) is 0 Å². The van der Waals surface area contributed by atoms with Crippen LogP contribution >= 0.6 is 0 Å². The Kier molecular flexibility index (Phi) is 9.60. The van der Waals surface area contributed by atoms with Gasteiger partial charge in [0.05, 0.1) is 41.4 Å². The molecule has 2 fully saturated rings. The normalized spacial score (nSPS) is 17.4. The molecule has 218 valence electrons. The van der Waals surface area contributed by atoms with Crippen LogP contribution in [-0.2, 0) is 20.6 Å². The average molecular weight is 566 g/mol. The van der Waals surface area contributed by atoms with Gasteiger partial charge in [0, 0.05) is 44.0 Å². The van der Waals surface area contributed by atoms with Crippen LogP contribution in [0.4, 0.5) is 10.5 Å². The standard InChI is InChI=1S/C30H35N3O8/c1-30(2,3)41-29(35)32-11-9-24(10-12-32)40-27-17-22(26(33(36)37)18-25(27)28-38-13-14-39-28)16-23(34)8-7-20-5-4-6-21(15-20)19-31/h4-8,15,17-18,23-24,28,34H,9-14,16H2,1-3H3/b8-7+. The number of aliphatic hydroxyl groups excluding tert-OH is 1. The average Bonchev–Trinajstić information content (AvgIpc) is 3.46. The number of carbonyl (C=O) groups is 1. The van der Waals surface area contributed by atoms with Crippen LogP contribution in [0.15, 0.2) is 42.5 Å². The van der Waals surface area contributed by atoms with Gasteiger partial charge in [-0.2, -0.15) is 5.26 Å². The van der Waals surface area contributed by atoms with Crippen molar-refractivity contribution in [3.05, 3.63) is 74.8 Å². The first-order chi connectivity index (χ1) is 19.5. The number of aliphatic hydroxyl groups is 1. The Morgan fingerprint density at radius 1 is 1.24 bits per heavy atom. The molecule has 1 atom stereocenters. The molecule has 0 saturated carbocycles. The highest BCUT2D eigenvalue weighted by molar-refractivity contribution is 5.68. The van der Waals surface area contributed by atoms with E-state index in [-0.39, 0.29) is 24.3 Å². The van der Waals surface area contributed by atoms with E-state index >= 15 is 0 Å². The number of ether oxygens (including phenoxy) is 4. The van der Waals surface area contributed by atoms with Crippen molar-refractivity contribution in [1.82, 2.24) is 4.90 Å². The lowest BCUT2D eigenvalue weighted by atomic mass is 10.0. The summed E-state index contributed by atoms with van der Waals surface area (Å²) >= 11 is 0. The summed E-state index contributed by atoms with van der Waals surface area (Å²) in [6.07, 6.45) is 1.79. The molecule has 2 heterocycles. The van der Waals surface area contributed by atoms with E-state index in [0.29, 0.717) is 61.6 Å². The monoisotopic (exact) mass is 565 g/mol. The van der Waals surface area contributed by atoms with Gasteiger partial charge < -0.3 is 29.0 Å². The highest BCUT2D eigenvalue weighted by Crippen LogP contribution is 2.38. The van der Waals surface area contributed by atoms with Crippen molar-refractivity contribution in [2.45, 2.75) is 64.1 Å². The predicted molar refractivity (Wildman–Crippen MR) is 149 cm³/mol. The van der Waals surface area contributed by atoms with Gasteiger partial charge in [0.25, 0.3) is 5.69 Å². The Balaban J connectivity index is 1.53. The second kappa shape index (κ2) is 13.1. The highest BCUT2D eigenvalue weighted by atomic mass is 16.7. The predicted octanol–water partition coefficient (Wildman–Crippen LogP) is 4.91. The van der Waals surface area contributed by atoms with E-state index in [1.165, 1.54) is 12.1 Å². The Hall–Kier alpha value is -3.98. The maximum absolute atomic E-state index is 12.5. The molecule has 1 amide bonds. The van der Waals surface area contributed by atoms with Crippen molar-refractivity contribution in [2.75, 3.05) is 26.3 Å². The SMILES string of the molecule is CC(C)(C)OC(=O)N1CCC(Oc2cc(CC(O)/C=C/c3cccc(C#N)c3)c([N+](=O)[O-])cc2C2OCCO2)CC1. The van der Waals surface area contributed by atoms with Gasteiger partial charge in [-0.25, -0.2) is 4.79 Å². The summed E-state index contributed by atoms with van der Waals surface area (Å²) in [7, 11) is 0. The molecule has 0 aromatic heterocycles. The number of carbonyl (C=O) groups excluding carboxylic acids is 1. The van der Waals surface area contributed by atoms with E-state index in [9.17, 15) is 20.0 Å². The largest absolute Gasteiger partial charge is 0.490 e. The second-order valence-electron chi connectivity index (χ2n) is 11.0. The smallest absolute Gasteiger partial charge is 0.410 e. The molecule has 2 aliphatic rings. The fraction of sp³-hybridized carbons (Fsp3) is 0.467. The molecule has 0 spiro atoms. The van der Waals surface area contributed by atoms with Gasteiger partial charge in [-0.3, -0.25) is 10.1 Å². The summed E-state index contributed by atoms with van der Waals surface area (Å²) in [5.74, 6) is 0.381.